The zero-order chi connectivity index (χ0) is 14.5. The Kier molecular flexibility index (Phi) is 6.49. The standard InChI is InChI=1S/C15H19NO4.ClH/c1-2-20-15(19)12-7-9-16(10-8-12)13-5-3-11(4-6-13)14(17)18;/h3-6,12H,2,7-10H2,1H3,(H,17,18);1H. The van der Waals surface area contributed by atoms with Crippen molar-refractivity contribution in [2.24, 2.45) is 5.92 Å². The molecule has 0 aliphatic carbocycles. The third-order valence-corrected chi connectivity index (χ3v) is 3.59. The topological polar surface area (TPSA) is 66.8 Å². The summed E-state index contributed by atoms with van der Waals surface area (Å²) >= 11 is 0. The number of hydrogen-bond acceptors (Lipinski definition) is 4. The highest BCUT2D eigenvalue weighted by Gasteiger charge is 2.26. The second kappa shape index (κ2) is 7.88. The van der Waals surface area contributed by atoms with Gasteiger partial charge in [0.2, 0.25) is 0 Å². The molecule has 1 heterocycles. The number of carbonyl (C=O) groups is 2. The van der Waals surface area contributed by atoms with Crippen LogP contribution in [0.15, 0.2) is 24.3 Å². The molecule has 5 nitrogen and oxygen atoms in total. The van der Waals surface area contributed by atoms with Crippen LogP contribution in [0.3, 0.4) is 0 Å². The number of rotatable bonds is 4. The maximum atomic E-state index is 11.7. The van der Waals surface area contributed by atoms with Crippen molar-refractivity contribution in [3.63, 3.8) is 0 Å². The van der Waals surface area contributed by atoms with Crippen LogP contribution in [0.25, 0.3) is 0 Å². The van der Waals surface area contributed by atoms with E-state index in [0.29, 0.717) is 6.61 Å². The summed E-state index contributed by atoms with van der Waals surface area (Å²) in [4.78, 5) is 24.6. The predicted molar refractivity (Wildman–Crippen MR) is 82.2 cm³/mol. The molecular weight excluding hydrogens is 294 g/mol. The summed E-state index contributed by atoms with van der Waals surface area (Å²) < 4.78 is 5.04. The van der Waals surface area contributed by atoms with Gasteiger partial charge in [0.1, 0.15) is 0 Å². The number of hydrogen-bond donors (Lipinski definition) is 1. The van der Waals surface area contributed by atoms with Crippen LogP contribution in [0.5, 0.6) is 0 Å². The molecule has 0 atom stereocenters. The molecule has 2 rings (SSSR count). The Balaban J connectivity index is 0.00000220. The monoisotopic (exact) mass is 313 g/mol. The number of carbonyl (C=O) groups excluding carboxylic acids is 1. The first-order valence-electron chi connectivity index (χ1n) is 6.86. The second-order valence-corrected chi connectivity index (χ2v) is 4.87. The van der Waals surface area contributed by atoms with E-state index in [2.05, 4.69) is 4.90 Å². The van der Waals surface area contributed by atoms with Crippen LogP contribution in [0.1, 0.15) is 30.1 Å². The van der Waals surface area contributed by atoms with Crippen LogP contribution < -0.4 is 4.90 Å². The molecule has 0 radical (unpaired) electrons. The quantitative estimate of drug-likeness (QED) is 0.865. The van der Waals surface area contributed by atoms with Crippen molar-refractivity contribution in [2.75, 3.05) is 24.6 Å². The smallest absolute Gasteiger partial charge is 0.335 e. The number of carboxylic acids is 1. The summed E-state index contributed by atoms with van der Waals surface area (Å²) in [7, 11) is 0. The van der Waals surface area contributed by atoms with Crippen LogP contribution in [-0.4, -0.2) is 36.7 Å². The molecule has 0 spiro atoms. The van der Waals surface area contributed by atoms with Crippen LogP contribution >= 0.6 is 12.4 Å². The first-order chi connectivity index (χ1) is 9.61. The SMILES string of the molecule is CCOC(=O)C1CCN(c2ccc(C(=O)O)cc2)CC1.Cl. The second-order valence-electron chi connectivity index (χ2n) is 4.87. The first kappa shape index (κ1) is 17.3. The maximum absolute atomic E-state index is 11.7. The van der Waals surface area contributed by atoms with E-state index in [-0.39, 0.29) is 29.9 Å². The third-order valence-electron chi connectivity index (χ3n) is 3.59. The van der Waals surface area contributed by atoms with Crippen molar-refractivity contribution >= 4 is 30.0 Å². The molecular formula is C15H20ClNO4. The van der Waals surface area contributed by atoms with Crippen molar-refractivity contribution < 1.29 is 19.4 Å². The lowest BCUT2D eigenvalue weighted by Gasteiger charge is -2.32. The molecule has 1 aromatic rings. The van der Waals surface area contributed by atoms with E-state index in [4.69, 9.17) is 9.84 Å². The highest BCUT2D eigenvalue weighted by Crippen LogP contribution is 2.24. The lowest BCUT2D eigenvalue weighted by Crippen LogP contribution is -2.36. The average molecular weight is 314 g/mol. The van der Waals surface area contributed by atoms with Crippen LogP contribution in [0, 0.1) is 5.92 Å². The molecule has 0 unspecified atom stereocenters. The van der Waals surface area contributed by atoms with Crippen molar-refractivity contribution in [3.05, 3.63) is 29.8 Å². The predicted octanol–water partition coefficient (Wildman–Crippen LogP) is 2.59. The molecule has 21 heavy (non-hydrogen) atoms. The fourth-order valence-electron chi connectivity index (χ4n) is 2.45. The van der Waals surface area contributed by atoms with Gasteiger partial charge in [0.25, 0.3) is 0 Å². The summed E-state index contributed by atoms with van der Waals surface area (Å²) in [5.74, 6) is -1.03. The molecule has 1 aromatic carbocycles. The number of benzene rings is 1. The van der Waals surface area contributed by atoms with Gasteiger partial charge < -0.3 is 14.7 Å². The zero-order valence-corrected chi connectivity index (χ0v) is 12.8. The normalized spacial score (nSPS) is 15.2. The highest BCUT2D eigenvalue weighted by atomic mass is 35.5. The summed E-state index contributed by atoms with van der Waals surface area (Å²) in [6.07, 6.45) is 1.55. The summed E-state index contributed by atoms with van der Waals surface area (Å²) in [6.45, 7) is 3.82. The number of anilines is 1. The molecule has 1 aliphatic rings. The number of esters is 1. The number of piperidine rings is 1. The minimum atomic E-state index is -0.919. The van der Waals surface area contributed by atoms with Crippen LogP contribution in [0.2, 0.25) is 0 Å². The minimum Gasteiger partial charge on any atom is -0.478 e. The Bertz CT molecular complexity index is 481. The third kappa shape index (κ3) is 4.36. The van der Waals surface area contributed by atoms with Gasteiger partial charge in [-0.05, 0) is 44.0 Å². The number of aromatic carboxylic acids is 1. The molecule has 1 aliphatic heterocycles. The van der Waals surface area contributed by atoms with Gasteiger partial charge in [-0.3, -0.25) is 4.79 Å². The fraction of sp³-hybridized carbons (Fsp3) is 0.467. The Hall–Kier alpha value is -1.75. The Morgan fingerprint density at radius 1 is 1.24 bits per heavy atom. The number of nitrogens with zero attached hydrogens (tertiary/aromatic N) is 1. The van der Waals surface area contributed by atoms with E-state index < -0.39 is 5.97 Å². The molecule has 1 N–H and O–H groups in total. The average Bonchev–Trinajstić information content (AvgIpc) is 2.48. The zero-order valence-electron chi connectivity index (χ0n) is 11.9. The van der Waals surface area contributed by atoms with Gasteiger partial charge in [0.15, 0.2) is 0 Å². The maximum Gasteiger partial charge on any atom is 0.335 e. The van der Waals surface area contributed by atoms with Gasteiger partial charge in [0.05, 0.1) is 18.1 Å². The highest BCUT2D eigenvalue weighted by molar-refractivity contribution is 5.88. The largest absolute Gasteiger partial charge is 0.478 e. The minimum absolute atomic E-state index is 0. The molecule has 1 saturated heterocycles. The summed E-state index contributed by atoms with van der Waals surface area (Å²) in [6, 6.07) is 6.84. The first-order valence-corrected chi connectivity index (χ1v) is 6.86. The molecule has 0 amide bonds. The number of halogens is 1. The van der Waals surface area contributed by atoms with Crippen molar-refractivity contribution in [1.82, 2.24) is 0 Å². The van der Waals surface area contributed by atoms with Gasteiger partial charge in [-0.15, -0.1) is 12.4 Å². The Labute approximate surface area is 130 Å². The van der Waals surface area contributed by atoms with Gasteiger partial charge in [0, 0.05) is 18.8 Å². The number of ether oxygens (including phenoxy) is 1. The Morgan fingerprint density at radius 2 is 1.81 bits per heavy atom. The van der Waals surface area contributed by atoms with E-state index in [1.165, 1.54) is 0 Å². The van der Waals surface area contributed by atoms with Crippen molar-refractivity contribution in [3.8, 4) is 0 Å². The lowest BCUT2D eigenvalue weighted by molar-refractivity contribution is -0.148. The van der Waals surface area contributed by atoms with Crippen molar-refractivity contribution in [1.29, 1.82) is 0 Å². The molecule has 6 heteroatoms. The molecule has 1 fully saturated rings. The molecule has 116 valence electrons. The summed E-state index contributed by atoms with van der Waals surface area (Å²) in [5, 5.41) is 8.87. The van der Waals surface area contributed by atoms with Gasteiger partial charge in [-0.1, -0.05) is 0 Å². The van der Waals surface area contributed by atoms with Gasteiger partial charge >= 0.3 is 11.9 Å². The van der Waals surface area contributed by atoms with Crippen molar-refractivity contribution in [2.45, 2.75) is 19.8 Å². The number of carboxylic acid groups (broad SMARTS) is 1. The lowest BCUT2D eigenvalue weighted by atomic mass is 9.96. The molecule has 0 aromatic heterocycles. The Morgan fingerprint density at radius 3 is 2.29 bits per heavy atom. The van der Waals surface area contributed by atoms with Crippen LogP contribution in [-0.2, 0) is 9.53 Å². The van der Waals surface area contributed by atoms with Gasteiger partial charge in [-0.2, -0.15) is 0 Å². The molecule has 0 bridgehead atoms. The van der Waals surface area contributed by atoms with E-state index in [1.54, 1.807) is 12.1 Å². The molecule has 0 saturated carbocycles. The fourth-order valence-corrected chi connectivity index (χ4v) is 2.45. The van der Waals surface area contributed by atoms with E-state index in [0.717, 1.165) is 31.6 Å². The van der Waals surface area contributed by atoms with Crippen LogP contribution in [0.4, 0.5) is 5.69 Å². The van der Waals surface area contributed by atoms with E-state index >= 15 is 0 Å². The summed E-state index contributed by atoms with van der Waals surface area (Å²) in [5.41, 5.74) is 1.28. The van der Waals surface area contributed by atoms with Gasteiger partial charge in [-0.25, -0.2) is 4.79 Å². The van der Waals surface area contributed by atoms with E-state index in [9.17, 15) is 9.59 Å². The van der Waals surface area contributed by atoms with E-state index in [1.807, 2.05) is 19.1 Å².